The molecule has 1 aliphatic carbocycles. The lowest BCUT2D eigenvalue weighted by molar-refractivity contribution is -0.0553. The molecule has 22 heavy (non-hydrogen) atoms. The average Bonchev–Trinajstić information content (AvgIpc) is 2.85. The first-order valence-corrected chi connectivity index (χ1v) is 8.87. The molecular weight excluding hydrogens is 364 g/mol. The van der Waals surface area contributed by atoms with Gasteiger partial charge in [-0.1, -0.05) is 24.0 Å². The van der Waals surface area contributed by atoms with Gasteiger partial charge in [-0.3, -0.25) is 0 Å². The van der Waals surface area contributed by atoms with E-state index < -0.39 is 59.1 Å². The molecule has 1 fully saturated rings. The maximum absolute atomic E-state index is 12.7. The van der Waals surface area contributed by atoms with Crippen molar-refractivity contribution in [2.24, 2.45) is 5.92 Å². The minimum absolute atomic E-state index is 0.0155. The number of rotatable bonds is 5. The third-order valence-electron chi connectivity index (χ3n) is 3.48. The fraction of sp³-hybridized carbons (Fsp3) is 1.00. The molecule has 0 amide bonds. The molecule has 0 spiro atoms. The fourth-order valence-corrected chi connectivity index (χ4v) is 5.96. The van der Waals surface area contributed by atoms with Crippen LogP contribution in [-0.4, -0.2) is 37.1 Å². The average molecular weight is 377 g/mol. The molecule has 0 heterocycles. The van der Waals surface area contributed by atoms with E-state index >= 15 is 0 Å². The van der Waals surface area contributed by atoms with Crippen molar-refractivity contribution in [2.45, 2.75) is 49.7 Å². The van der Waals surface area contributed by atoms with Gasteiger partial charge in [0.2, 0.25) is 0 Å². The Kier molecular flexibility index (Phi) is 4.63. The Morgan fingerprint density at radius 2 is 1.32 bits per heavy atom. The molecule has 132 valence electrons. The van der Waals surface area contributed by atoms with Gasteiger partial charge in [0.1, 0.15) is 0 Å². The van der Waals surface area contributed by atoms with Gasteiger partial charge in [0.15, 0.2) is 0 Å². The Bertz CT molecular complexity index is 594. The fourth-order valence-electron chi connectivity index (χ4n) is 2.39. The predicted octanol–water partition coefficient (Wildman–Crippen LogP) is 2.57. The van der Waals surface area contributed by atoms with Crippen LogP contribution in [0.3, 0.4) is 0 Å². The summed E-state index contributed by atoms with van der Waals surface area (Å²) in [6, 6.07) is 0. The van der Waals surface area contributed by atoms with Crippen LogP contribution in [-0.2, 0) is 20.0 Å². The number of halogens is 6. The summed E-state index contributed by atoms with van der Waals surface area (Å²) < 4.78 is 121. The van der Waals surface area contributed by atoms with Crippen LogP contribution in [0.1, 0.15) is 33.1 Å². The summed E-state index contributed by atoms with van der Waals surface area (Å²) in [6.07, 6.45) is -0.814. The minimum atomic E-state index is -6.70. The second-order valence-electron chi connectivity index (χ2n) is 5.06. The second kappa shape index (κ2) is 5.23. The first-order chi connectivity index (χ1) is 9.55. The molecule has 2 atom stereocenters. The zero-order chi connectivity index (χ0) is 17.8. The van der Waals surface area contributed by atoms with Crippen molar-refractivity contribution in [2.75, 3.05) is 0 Å². The van der Waals surface area contributed by atoms with Gasteiger partial charge in [0, 0.05) is 0 Å². The smallest absolute Gasteiger partial charge is 0.202 e. The highest BCUT2D eigenvalue weighted by molar-refractivity contribution is 8.04. The van der Waals surface area contributed by atoms with Gasteiger partial charge >= 0.3 is 31.1 Å². The summed E-state index contributed by atoms with van der Waals surface area (Å²) in [4.78, 5) is 0. The Balaban J connectivity index is 3.65. The van der Waals surface area contributed by atoms with Gasteiger partial charge in [-0.2, -0.15) is 26.3 Å². The lowest BCUT2D eigenvalue weighted by Gasteiger charge is -2.31. The van der Waals surface area contributed by atoms with Crippen LogP contribution in [0.2, 0.25) is 0 Å². The molecule has 2 unspecified atom stereocenters. The molecule has 1 rings (SSSR count). The zero-order valence-electron chi connectivity index (χ0n) is 11.4. The van der Waals surface area contributed by atoms with Gasteiger partial charge in [0.25, 0.3) is 0 Å². The van der Waals surface area contributed by atoms with Gasteiger partial charge in [-0.15, -0.1) is 0 Å². The largest absolute Gasteiger partial charge is 0.512 e. The summed E-state index contributed by atoms with van der Waals surface area (Å²) in [5.74, 6) is -0.943. The van der Waals surface area contributed by atoms with Crippen LogP contribution in [0.4, 0.5) is 26.3 Å². The molecule has 0 bridgehead atoms. The van der Waals surface area contributed by atoms with Crippen LogP contribution >= 0.6 is 0 Å². The van der Waals surface area contributed by atoms with E-state index in [1.165, 1.54) is 13.8 Å². The Morgan fingerprint density at radius 1 is 1.00 bits per heavy atom. The molecule has 1 aliphatic rings. The molecular formula is C9H13F6NO4S2. The van der Waals surface area contributed by atoms with E-state index in [0.29, 0.717) is 0 Å². The SMILES string of the molecule is CCCC1(N(S(=O)(=O)C(F)(F)F)S(=O)(=O)C(F)(F)F)CC1C. The maximum Gasteiger partial charge on any atom is 0.512 e. The minimum Gasteiger partial charge on any atom is -0.202 e. The van der Waals surface area contributed by atoms with Crippen LogP contribution in [0.25, 0.3) is 0 Å². The molecule has 13 heteroatoms. The summed E-state index contributed by atoms with van der Waals surface area (Å²) >= 11 is 0. The van der Waals surface area contributed by atoms with Crippen molar-refractivity contribution in [3.05, 3.63) is 0 Å². The quantitative estimate of drug-likeness (QED) is 0.691. The topological polar surface area (TPSA) is 71.5 Å². The van der Waals surface area contributed by atoms with E-state index in [4.69, 9.17) is 0 Å². The van der Waals surface area contributed by atoms with Gasteiger partial charge in [-0.05, 0) is 18.8 Å². The molecule has 5 nitrogen and oxygen atoms in total. The number of hydrogen-bond acceptors (Lipinski definition) is 4. The van der Waals surface area contributed by atoms with E-state index in [1.807, 2.05) is 0 Å². The first kappa shape index (κ1) is 19.5. The van der Waals surface area contributed by atoms with E-state index in [2.05, 4.69) is 0 Å². The van der Waals surface area contributed by atoms with Crippen LogP contribution in [0.5, 0.6) is 0 Å². The highest BCUT2D eigenvalue weighted by atomic mass is 32.3. The van der Waals surface area contributed by atoms with Crippen molar-refractivity contribution in [1.82, 2.24) is 3.71 Å². The normalized spacial score (nSPS) is 27.2. The molecule has 0 saturated heterocycles. The van der Waals surface area contributed by atoms with E-state index in [0.717, 1.165) is 0 Å². The summed E-state index contributed by atoms with van der Waals surface area (Å²) in [7, 11) is -13.4. The third-order valence-corrected chi connectivity index (χ3v) is 7.43. The predicted molar refractivity (Wildman–Crippen MR) is 63.2 cm³/mol. The number of hydrogen-bond donors (Lipinski definition) is 0. The molecule has 0 N–H and O–H groups in total. The van der Waals surface area contributed by atoms with Crippen molar-refractivity contribution in [3.8, 4) is 0 Å². The van der Waals surface area contributed by atoms with Crippen molar-refractivity contribution in [3.63, 3.8) is 0 Å². The summed E-state index contributed by atoms with van der Waals surface area (Å²) in [6.45, 7) is 2.59. The van der Waals surface area contributed by atoms with Crippen molar-refractivity contribution in [1.29, 1.82) is 0 Å². The van der Waals surface area contributed by atoms with Crippen molar-refractivity contribution < 1.29 is 43.2 Å². The zero-order valence-corrected chi connectivity index (χ0v) is 13.0. The molecule has 0 aromatic carbocycles. The van der Waals surface area contributed by atoms with Crippen molar-refractivity contribution >= 4 is 20.0 Å². The number of nitrogens with zero attached hydrogens (tertiary/aromatic N) is 1. The maximum atomic E-state index is 12.7. The van der Waals surface area contributed by atoms with E-state index in [9.17, 15) is 43.2 Å². The first-order valence-electron chi connectivity index (χ1n) is 5.99. The molecule has 1 saturated carbocycles. The summed E-state index contributed by atoms with van der Waals surface area (Å²) in [5, 5.41) is 0. The van der Waals surface area contributed by atoms with Crippen LogP contribution < -0.4 is 0 Å². The second-order valence-corrected chi connectivity index (χ2v) is 8.84. The summed E-state index contributed by atoms with van der Waals surface area (Å²) in [5.41, 5.74) is -14.5. The Morgan fingerprint density at radius 3 is 1.50 bits per heavy atom. The molecule has 0 aromatic rings. The Labute approximate surface area is 123 Å². The van der Waals surface area contributed by atoms with Gasteiger partial charge < -0.3 is 0 Å². The third kappa shape index (κ3) is 2.82. The van der Waals surface area contributed by atoms with Gasteiger partial charge in [-0.25, -0.2) is 16.8 Å². The van der Waals surface area contributed by atoms with E-state index in [1.54, 1.807) is 0 Å². The molecule has 0 aromatic heterocycles. The monoisotopic (exact) mass is 377 g/mol. The lowest BCUT2D eigenvalue weighted by Crippen LogP contribution is -2.55. The molecule has 0 radical (unpaired) electrons. The highest BCUT2D eigenvalue weighted by Gasteiger charge is 2.72. The van der Waals surface area contributed by atoms with Crippen LogP contribution in [0.15, 0.2) is 0 Å². The van der Waals surface area contributed by atoms with Gasteiger partial charge in [0.05, 0.1) is 5.54 Å². The molecule has 0 aliphatic heterocycles. The lowest BCUT2D eigenvalue weighted by atomic mass is 10.1. The standard InChI is InChI=1S/C9H13F6NO4S2/c1-3-4-7(5-6(7)2)16(21(17,18)8(10,11)12)22(19,20)9(13,14)15/h6H,3-5H2,1-2H3. The van der Waals surface area contributed by atoms with Crippen LogP contribution in [0, 0.1) is 5.92 Å². The number of alkyl halides is 6. The Hall–Kier alpha value is -0.560. The van der Waals surface area contributed by atoms with E-state index in [-0.39, 0.29) is 6.42 Å². The number of sulfonamides is 2. The highest BCUT2D eigenvalue weighted by Crippen LogP contribution is 2.56.